The molecular formula is C13H11ClN4O. The van der Waals surface area contributed by atoms with Crippen molar-refractivity contribution in [3.05, 3.63) is 30.0 Å². The number of rotatable bonds is 2. The van der Waals surface area contributed by atoms with Gasteiger partial charge in [-0.25, -0.2) is 4.98 Å². The van der Waals surface area contributed by atoms with E-state index < -0.39 is 5.24 Å². The van der Waals surface area contributed by atoms with E-state index in [1.165, 1.54) is 0 Å². The molecule has 0 unspecified atom stereocenters. The molecule has 3 rings (SSSR count). The summed E-state index contributed by atoms with van der Waals surface area (Å²) in [6, 6.07) is 5.11. The Labute approximate surface area is 114 Å². The molecule has 0 amide bonds. The number of nitrogen functional groups attached to an aromatic ring is 1. The quantitative estimate of drug-likeness (QED) is 0.729. The van der Waals surface area contributed by atoms with E-state index in [0.717, 1.165) is 21.8 Å². The van der Waals surface area contributed by atoms with E-state index in [1.54, 1.807) is 24.4 Å². The summed E-state index contributed by atoms with van der Waals surface area (Å²) in [6.07, 6.45) is 1.69. The Morgan fingerprint density at radius 1 is 1.42 bits per heavy atom. The number of aromatic nitrogens is 3. The maximum Gasteiger partial charge on any atom is 0.252 e. The third kappa shape index (κ3) is 1.74. The molecule has 2 aromatic heterocycles. The van der Waals surface area contributed by atoms with Crippen molar-refractivity contribution in [1.82, 2.24) is 14.8 Å². The molecule has 0 aliphatic rings. The van der Waals surface area contributed by atoms with E-state index in [2.05, 4.69) is 10.1 Å². The number of fused-ring (bicyclic) bond motifs is 3. The number of hydrogen-bond donors (Lipinski definition) is 1. The molecule has 0 saturated carbocycles. The average molecular weight is 275 g/mol. The highest BCUT2D eigenvalue weighted by Gasteiger charge is 2.13. The van der Waals surface area contributed by atoms with Gasteiger partial charge in [0.05, 0.1) is 22.6 Å². The molecule has 19 heavy (non-hydrogen) atoms. The Morgan fingerprint density at radius 3 is 2.89 bits per heavy atom. The van der Waals surface area contributed by atoms with Gasteiger partial charge in [0, 0.05) is 17.5 Å². The molecule has 6 heteroatoms. The molecule has 0 bridgehead atoms. The topological polar surface area (TPSA) is 73.8 Å². The molecule has 1 aromatic carbocycles. The Bertz CT molecular complexity index is 809. The second-order valence-electron chi connectivity index (χ2n) is 4.23. The lowest BCUT2D eigenvalue weighted by molar-refractivity contribution is 0.108. The van der Waals surface area contributed by atoms with Gasteiger partial charge in [0.15, 0.2) is 0 Å². The van der Waals surface area contributed by atoms with Crippen molar-refractivity contribution >= 4 is 44.5 Å². The Kier molecular flexibility index (Phi) is 2.64. The Hall–Kier alpha value is -2.14. The summed E-state index contributed by atoms with van der Waals surface area (Å²) in [5.41, 5.74) is 7.97. The second-order valence-corrected chi connectivity index (χ2v) is 4.57. The van der Waals surface area contributed by atoms with Crippen molar-refractivity contribution in [1.29, 1.82) is 0 Å². The molecule has 96 valence electrons. The summed E-state index contributed by atoms with van der Waals surface area (Å²) < 4.78 is 1.83. The summed E-state index contributed by atoms with van der Waals surface area (Å²) >= 11 is 5.53. The molecule has 0 saturated heterocycles. The summed E-state index contributed by atoms with van der Waals surface area (Å²) in [5, 5.41) is 5.40. The highest BCUT2D eigenvalue weighted by Crippen LogP contribution is 2.28. The van der Waals surface area contributed by atoms with E-state index >= 15 is 0 Å². The van der Waals surface area contributed by atoms with Gasteiger partial charge in [0.1, 0.15) is 5.82 Å². The second kappa shape index (κ2) is 4.20. The minimum atomic E-state index is -0.491. The van der Waals surface area contributed by atoms with Crippen molar-refractivity contribution in [3.63, 3.8) is 0 Å². The van der Waals surface area contributed by atoms with Crippen LogP contribution in [-0.2, 0) is 6.54 Å². The molecular weight excluding hydrogens is 264 g/mol. The lowest BCUT2D eigenvalue weighted by Gasteiger charge is -2.06. The lowest BCUT2D eigenvalue weighted by atomic mass is 10.1. The summed E-state index contributed by atoms with van der Waals surface area (Å²) in [7, 11) is 0. The molecule has 0 aliphatic carbocycles. The van der Waals surface area contributed by atoms with Gasteiger partial charge in [0.2, 0.25) is 0 Å². The number of benzene rings is 1. The van der Waals surface area contributed by atoms with Crippen LogP contribution in [0.2, 0.25) is 0 Å². The van der Waals surface area contributed by atoms with Gasteiger partial charge >= 0.3 is 0 Å². The van der Waals surface area contributed by atoms with Crippen LogP contribution in [0.3, 0.4) is 0 Å². The van der Waals surface area contributed by atoms with E-state index in [0.29, 0.717) is 17.9 Å². The highest BCUT2D eigenvalue weighted by atomic mass is 35.5. The number of halogens is 1. The fraction of sp³-hybridized carbons (Fsp3) is 0.154. The third-order valence-corrected chi connectivity index (χ3v) is 3.35. The number of anilines is 1. The van der Waals surface area contributed by atoms with Gasteiger partial charge < -0.3 is 5.73 Å². The van der Waals surface area contributed by atoms with Crippen LogP contribution in [0.1, 0.15) is 17.3 Å². The fourth-order valence-electron chi connectivity index (χ4n) is 2.23. The normalized spacial score (nSPS) is 11.3. The molecule has 0 spiro atoms. The largest absolute Gasteiger partial charge is 0.383 e. The average Bonchev–Trinajstić information content (AvgIpc) is 2.83. The van der Waals surface area contributed by atoms with Crippen LogP contribution in [0.5, 0.6) is 0 Å². The number of pyridine rings is 1. The molecule has 3 aromatic rings. The van der Waals surface area contributed by atoms with Crippen molar-refractivity contribution in [2.75, 3.05) is 5.73 Å². The van der Waals surface area contributed by atoms with Crippen LogP contribution in [0.4, 0.5) is 5.82 Å². The van der Waals surface area contributed by atoms with Gasteiger partial charge in [-0.1, -0.05) is 0 Å². The van der Waals surface area contributed by atoms with Crippen molar-refractivity contribution in [3.8, 4) is 0 Å². The smallest absolute Gasteiger partial charge is 0.252 e. The first-order valence-corrected chi connectivity index (χ1v) is 6.24. The minimum absolute atomic E-state index is 0.436. The molecule has 0 atom stereocenters. The van der Waals surface area contributed by atoms with Crippen LogP contribution in [0.15, 0.2) is 24.4 Å². The predicted octanol–water partition coefficient (Wildman–Crippen LogP) is 2.57. The summed E-state index contributed by atoms with van der Waals surface area (Å²) in [6.45, 7) is 2.70. The van der Waals surface area contributed by atoms with Gasteiger partial charge in [-0.2, -0.15) is 5.10 Å². The van der Waals surface area contributed by atoms with Gasteiger partial charge in [-0.05, 0) is 36.7 Å². The van der Waals surface area contributed by atoms with Gasteiger partial charge in [0.25, 0.3) is 5.24 Å². The SMILES string of the molecule is CCn1ncc2c(N)nc3ccc(C(=O)Cl)cc3c21. The van der Waals surface area contributed by atoms with Crippen LogP contribution >= 0.6 is 11.6 Å². The maximum atomic E-state index is 11.3. The number of nitrogens with two attached hydrogens (primary N) is 1. The predicted molar refractivity (Wildman–Crippen MR) is 75.3 cm³/mol. The number of aryl methyl sites for hydroxylation is 1. The zero-order valence-corrected chi connectivity index (χ0v) is 11.0. The zero-order chi connectivity index (χ0) is 13.6. The monoisotopic (exact) mass is 274 g/mol. The first-order chi connectivity index (χ1) is 9.11. The van der Waals surface area contributed by atoms with Gasteiger partial charge in [-0.15, -0.1) is 0 Å². The summed E-state index contributed by atoms with van der Waals surface area (Å²) in [5.74, 6) is 0.437. The van der Waals surface area contributed by atoms with Crippen molar-refractivity contribution < 1.29 is 4.79 Å². The zero-order valence-electron chi connectivity index (χ0n) is 10.2. The highest BCUT2D eigenvalue weighted by molar-refractivity contribution is 6.67. The van der Waals surface area contributed by atoms with E-state index in [-0.39, 0.29) is 0 Å². The third-order valence-electron chi connectivity index (χ3n) is 3.13. The minimum Gasteiger partial charge on any atom is -0.383 e. The van der Waals surface area contributed by atoms with Crippen LogP contribution in [0.25, 0.3) is 21.8 Å². The lowest BCUT2D eigenvalue weighted by Crippen LogP contribution is -1.99. The van der Waals surface area contributed by atoms with Gasteiger partial charge in [-0.3, -0.25) is 9.48 Å². The first kappa shape index (κ1) is 11.9. The number of nitrogens with zero attached hydrogens (tertiary/aromatic N) is 3. The molecule has 2 N–H and O–H groups in total. The molecule has 5 nitrogen and oxygen atoms in total. The fourth-order valence-corrected chi connectivity index (χ4v) is 2.35. The van der Waals surface area contributed by atoms with E-state index in [9.17, 15) is 4.79 Å². The summed E-state index contributed by atoms with van der Waals surface area (Å²) in [4.78, 5) is 15.6. The van der Waals surface area contributed by atoms with Crippen LogP contribution in [0, 0.1) is 0 Å². The van der Waals surface area contributed by atoms with Crippen LogP contribution in [-0.4, -0.2) is 20.0 Å². The molecule has 0 aliphatic heterocycles. The maximum absolute atomic E-state index is 11.3. The number of carbonyl (C=O) groups is 1. The first-order valence-electron chi connectivity index (χ1n) is 5.86. The van der Waals surface area contributed by atoms with E-state index in [4.69, 9.17) is 17.3 Å². The Balaban J connectivity index is 2.50. The van der Waals surface area contributed by atoms with Crippen molar-refractivity contribution in [2.45, 2.75) is 13.5 Å². The Morgan fingerprint density at radius 2 is 2.21 bits per heavy atom. The van der Waals surface area contributed by atoms with E-state index in [1.807, 2.05) is 11.6 Å². The molecule has 2 heterocycles. The molecule has 0 radical (unpaired) electrons. The standard InChI is InChI=1S/C13H11ClN4O/c1-2-18-11-8-5-7(12(14)19)3-4-10(8)17-13(15)9(11)6-16-18/h3-6H,2H2,1H3,(H2,15,17). The number of hydrogen-bond acceptors (Lipinski definition) is 4. The number of carbonyl (C=O) groups excluding carboxylic acids is 1. The molecule has 0 fully saturated rings. The van der Waals surface area contributed by atoms with Crippen molar-refractivity contribution in [2.24, 2.45) is 0 Å². The van der Waals surface area contributed by atoms with Crippen LogP contribution < -0.4 is 5.73 Å².